The number of hydrogen-bond acceptors (Lipinski definition) is 6. The fourth-order valence-corrected chi connectivity index (χ4v) is 4.98. The third-order valence-electron chi connectivity index (χ3n) is 6.12. The van der Waals surface area contributed by atoms with E-state index in [1.807, 2.05) is 36.7 Å². The molecular weight excluding hydrogens is 397 g/mol. The summed E-state index contributed by atoms with van der Waals surface area (Å²) >= 11 is 0. The molecule has 4 heterocycles. The van der Waals surface area contributed by atoms with Gasteiger partial charge in [-0.15, -0.1) is 10.2 Å². The summed E-state index contributed by atoms with van der Waals surface area (Å²) in [5.41, 5.74) is 1.96. The van der Waals surface area contributed by atoms with E-state index in [0.717, 1.165) is 5.39 Å². The lowest BCUT2D eigenvalue weighted by Gasteiger charge is -2.49. The van der Waals surface area contributed by atoms with Gasteiger partial charge in [0, 0.05) is 41.2 Å². The first-order chi connectivity index (χ1) is 14.5. The van der Waals surface area contributed by atoms with Gasteiger partial charge in [-0.25, -0.2) is 9.37 Å². The molecule has 0 saturated carbocycles. The zero-order valence-electron chi connectivity index (χ0n) is 18.3. The zero-order chi connectivity index (χ0) is 22.1. The van der Waals surface area contributed by atoms with Crippen LogP contribution in [0.15, 0.2) is 34.9 Å². The predicted octanol–water partition coefficient (Wildman–Crippen LogP) is 4.68. The van der Waals surface area contributed by atoms with Crippen molar-refractivity contribution in [2.45, 2.75) is 64.3 Å². The molecule has 162 valence electrons. The standard InChI is InChI=1S/C23H26FN5O2/c1-12-25-16-9-14(18(30)10-19(16)31-12)15-8-13-6-7-29(21(13)27-26-15)17-11-22(2,3)28-23(4,5)20(17)24/h6-10,17,20,28,30H,11H2,1-5H3/t17-,20-/m0/s1. The molecule has 5 rings (SSSR count). The Kier molecular flexibility index (Phi) is 4.18. The van der Waals surface area contributed by atoms with Crippen molar-refractivity contribution < 1.29 is 13.9 Å². The van der Waals surface area contributed by atoms with E-state index in [1.54, 1.807) is 13.0 Å². The number of oxazole rings is 1. The van der Waals surface area contributed by atoms with Gasteiger partial charge in [-0.3, -0.25) is 0 Å². The number of aromatic nitrogens is 4. The molecule has 0 radical (unpaired) electrons. The topological polar surface area (TPSA) is 89.0 Å². The average molecular weight is 423 g/mol. The van der Waals surface area contributed by atoms with Gasteiger partial charge >= 0.3 is 0 Å². The average Bonchev–Trinajstić information content (AvgIpc) is 3.24. The monoisotopic (exact) mass is 423 g/mol. The quantitative estimate of drug-likeness (QED) is 0.487. The van der Waals surface area contributed by atoms with E-state index in [-0.39, 0.29) is 17.3 Å². The van der Waals surface area contributed by atoms with E-state index >= 15 is 4.39 Å². The number of hydrogen-bond donors (Lipinski definition) is 2. The molecule has 8 heteroatoms. The molecule has 0 bridgehead atoms. The fourth-order valence-electron chi connectivity index (χ4n) is 4.98. The first kappa shape index (κ1) is 19.9. The summed E-state index contributed by atoms with van der Waals surface area (Å²) in [5, 5.41) is 23.5. The summed E-state index contributed by atoms with van der Waals surface area (Å²) in [4.78, 5) is 4.33. The van der Waals surface area contributed by atoms with Crippen molar-refractivity contribution in [2.75, 3.05) is 0 Å². The molecule has 1 saturated heterocycles. The number of halogens is 1. The van der Waals surface area contributed by atoms with Gasteiger partial charge in [0.2, 0.25) is 0 Å². The van der Waals surface area contributed by atoms with Crippen LogP contribution in [0.1, 0.15) is 46.0 Å². The van der Waals surface area contributed by atoms with Gasteiger partial charge in [0.15, 0.2) is 17.1 Å². The molecule has 0 spiro atoms. The molecule has 1 fully saturated rings. The Morgan fingerprint density at radius 2 is 1.97 bits per heavy atom. The molecule has 0 unspecified atom stereocenters. The Balaban J connectivity index is 1.57. The molecule has 1 aliphatic rings. The van der Waals surface area contributed by atoms with Crippen LogP contribution in [-0.2, 0) is 0 Å². The van der Waals surface area contributed by atoms with E-state index in [2.05, 4.69) is 34.3 Å². The van der Waals surface area contributed by atoms with Crippen molar-refractivity contribution in [1.29, 1.82) is 0 Å². The number of nitrogens with one attached hydrogen (secondary N) is 1. The summed E-state index contributed by atoms with van der Waals surface area (Å²) in [6.45, 7) is 9.73. The van der Waals surface area contributed by atoms with Crippen molar-refractivity contribution in [3.63, 3.8) is 0 Å². The summed E-state index contributed by atoms with van der Waals surface area (Å²) in [6, 6.07) is 6.69. The lowest BCUT2D eigenvalue weighted by atomic mass is 9.78. The Bertz CT molecular complexity index is 1310. The number of rotatable bonds is 2. The van der Waals surface area contributed by atoms with E-state index in [0.29, 0.717) is 40.3 Å². The number of alkyl halides is 1. The van der Waals surface area contributed by atoms with E-state index in [9.17, 15) is 5.11 Å². The number of piperidine rings is 1. The third kappa shape index (κ3) is 3.26. The maximum absolute atomic E-state index is 15.4. The maximum Gasteiger partial charge on any atom is 0.192 e. The van der Waals surface area contributed by atoms with Crippen molar-refractivity contribution in [2.24, 2.45) is 0 Å². The van der Waals surface area contributed by atoms with E-state index < -0.39 is 11.7 Å². The number of nitrogens with zero attached hydrogens (tertiary/aromatic N) is 4. The second-order valence-electron chi connectivity index (χ2n) is 9.71. The minimum atomic E-state index is -1.08. The summed E-state index contributed by atoms with van der Waals surface area (Å²) in [7, 11) is 0. The van der Waals surface area contributed by atoms with E-state index in [4.69, 9.17) is 4.42 Å². The Labute approximate surface area is 179 Å². The first-order valence-electron chi connectivity index (χ1n) is 10.4. The number of aryl methyl sites for hydroxylation is 1. The highest BCUT2D eigenvalue weighted by atomic mass is 19.1. The molecule has 1 aliphatic heterocycles. The number of benzene rings is 1. The summed E-state index contributed by atoms with van der Waals surface area (Å²) in [5.74, 6) is 0.571. The van der Waals surface area contributed by atoms with Gasteiger partial charge in [0.05, 0.1) is 11.7 Å². The molecule has 3 aromatic heterocycles. The van der Waals surface area contributed by atoms with Crippen molar-refractivity contribution in [1.82, 2.24) is 25.1 Å². The Morgan fingerprint density at radius 3 is 2.74 bits per heavy atom. The van der Waals surface area contributed by atoms with Gasteiger partial charge in [-0.2, -0.15) is 0 Å². The van der Waals surface area contributed by atoms with Gasteiger partial charge in [0.1, 0.15) is 17.4 Å². The fraction of sp³-hybridized carbons (Fsp3) is 0.435. The normalized spacial score (nSPS) is 22.9. The van der Waals surface area contributed by atoms with Gasteiger partial charge < -0.3 is 19.4 Å². The molecule has 4 aromatic rings. The van der Waals surface area contributed by atoms with Crippen molar-refractivity contribution in [3.05, 3.63) is 36.4 Å². The highest BCUT2D eigenvalue weighted by Gasteiger charge is 2.47. The van der Waals surface area contributed by atoms with Crippen LogP contribution in [0.25, 0.3) is 33.4 Å². The molecule has 0 amide bonds. The summed E-state index contributed by atoms with van der Waals surface area (Å²) in [6.07, 6.45) is 1.43. The van der Waals surface area contributed by atoms with Crippen LogP contribution in [0.3, 0.4) is 0 Å². The molecule has 1 aromatic carbocycles. The van der Waals surface area contributed by atoms with Gasteiger partial charge in [0.25, 0.3) is 0 Å². The second kappa shape index (κ2) is 6.50. The number of aromatic hydroxyl groups is 1. The minimum Gasteiger partial charge on any atom is -0.507 e. The van der Waals surface area contributed by atoms with Crippen LogP contribution >= 0.6 is 0 Å². The first-order valence-corrected chi connectivity index (χ1v) is 10.4. The summed E-state index contributed by atoms with van der Waals surface area (Å²) < 4.78 is 22.8. The van der Waals surface area contributed by atoms with Crippen LogP contribution in [0.5, 0.6) is 5.75 Å². The van der Waals surface area contributed by atoms with Gasteiger partial charge in [-0.05, 0) is 52.3 Å². The Hall–Kier alpha value is -3.00. The minimum absolute atomic E-state index is 0.0439. The molecule has 0 aliphatic carbocycles. The van der Waals surface area contributed by atoms with Gasteiger partial charge in [-0.1, -0.05) is 0 Å². The third-order valence-corrected chi connectivity index (χ3v) is 6.12. The Morgan fingerprint density at radius 1 is 1.19 bits per heavy atom. The van der Waals surface area contributed by atoms with Crippen LogP contribution in [0, 0.1) is 6.92 Å². The highest BCUT2D eigenvalue weighted by molar-refractivity contribution is 5.87. The lowest BCUT2D eigenvalue weighted by Crippen LogP contribution is -2.64. The zero-order valence-corrected chi connectivity index (χ0v) is 18.3. The maximum atomic E-state index is 15.4. The smallest absolute Gasteiger partial charge is 0.192 e. The number of phenolic OH excluding ortho intramolecular Hbond substituents is 1. The van der Waals surface area contributed by atoms with Crippen LogP contribution in [0.2, 0.25) is 0 Å². The lowest BCUT2D eigenvalue weighted by molar-refractivity contribution is 0.0313. The number of phenols is 1. The largest absolute Gasteiger partial charge is 0.507 e. The SMILES string of the molecule is Cc1nc2cc(-c3cc4ccn([C@H]5CC(C)(C)NC(C)(C)[C@H]5F)c4nn3)c(O)cc2o1. The van der Waals surface area contributed by atoms with E-state index in [1.165, 1.54) is 6.07 Å². The molecule has 31 heavy (non-hydrogen) atoms. The van der Waals surface area contributed by atoms with Crippen LogP contribution < -0.4 is 5.32 Å². The molecule has 2 N–H and O–H groups in total. The predicted molar refractivity (Wildman–Crippen MR) is 117 cm³/mol. The number of fused-ring (bicyclic) bond motifs is 2. The second-order valence-corrected chi connectivity index (χ2v) is 9.71. The molecular formula is C23H26FN5O2. The van der Waals surface area contributed by atoms with Crippen LogP contribution in [-0.4, -0.2) is 42.1 Å². The molecule has 7 nitrogen and oxygen atoms in total. The van der Waals surface area contributed by atoms with Crippen molar-refractivity contribution in [3.8, 4) is 17.0 Å². The molecule has 2 atom stereocenters. The highest BCUT2D eigenvalue weighted by Crippen LogP contribution is 2.40. The van der Waals surface area contributed by atoms with Crippen molar-refractivity contribution >= 4 is 22.1 Å². The van der Waals surface area contributed by atoms with Crippen LogP contribution in [0.4, 0.5) is 4.39 Å².